The van der Waals surface area contributed by atoms with Gasteiger partial charge in [0.1, 0.15) is 0 Å². The lowest BCUT2D eigenvalue weighted by atomic mass is 9.91. The number of unbranched alkanes of at least 4 members (excludes halogenated alkanes) is 1. The molecule has 0 bridgehead atoms. The monoisotopic (exact) mass is 283 g/mol. The first-order valence-electron chi connectivity index (χ1n) is 8.01. The first kappa shape index (κ1) is 17.0. The van der Waals surface area contributed by atoms with E-state index in [-0.39, 0.29) is 17.9 Å². The number of carboxylic acid groups (broad SMARTS) is 1. The second-order valence-electron chi connectivity index (χ2n) is 6.13. The van der Waals surface area contributed by atoms with Crippen molar-refractivity contribution < 1.29 is 14.7 Å². The summed E-state index contributed by atoms with van der Waals surface area (Å²) in [7, 11) is 0. The molecule has 1 amide bonds. The van der Waals surface area contributed by atoms with Gasteiger partial charge in [-0.3, -0.25) is 9.59 Å². The van der Waals surface area contributed by atoms with Crippen LogP contribution in [0.25, 0.3) is 0 Å². The molecule has 3 atom stereocenters. The molecule has 0 aromatic carbocycles. The summed E-state index contributed by atoms with van der Waals surface area (Å²) in [4.78, 5) is 25.4. The molecule has 0 saturated carbocycles. The van der Waals surface area contributed by atoms with Crippen LogP contribution in [0, 0.1) is 11.8 Å². The zero-order valence-corrected chi connectivity index (χ0v) is 13.1. The number of hydrogen-bond donors (Lipinski definition) is 1. The average molecular weight is 283 g/mol. The van der Waals surface area contributed by atoms with Crippen molar-refractivity contribution in [2.24, 2.45) is 11.8 Å². The minimum absolute atomic E-state index is 0.145. The Morgan fingerprint density at radius 2 is 2.00 bits per heavy atom. The number of likely N-dealkylation sites (tertiary alicyclic amines) is 1. The highest BCUT2D eigenvalue weighted by molar-refractivity contribution is 5.78. The molecule has 1 aliphatic rings. The predicted octanol–water partition coefficient (Wildman–Crippen LogP) is 3.30. The van der Waals surface area contributed by atoms with Gasteiger partial charge in [0.2, 0.25) is 5.91 Å². The fourth-order valence-corrected chi connectivity index (χ4v) is 2.96. The fourth-order valence-electron chi connectivity index (χ4n) is 2.96. The topological polar surface area (TPSA) is 57.6 Å². The zero-order chi connectivity index (χ0) is 15.1. The van der Waals surface area contributed by atoms with Gasteiger partial charge in [-0.05, 0) is 32.1 Å². The maximum atomic E-state index is 12.4. The molecule has 1 fully saturated rings. The highest BCUT2D eigenvalue weighted by Gasteiger charge is 2.32. The number of hydrogen-bond acceptors (Lipinski definition) is 2. The maximum absolute atomic E-state index is 12.4. The standard InChI is InChI=1S/C16H29NO3/c1-4-6-7-13(5-2)10-15(18)17-11-14(16(19)20)9-8-12(17)3/h12-14H,4-11H2,1-3H3,(H,19,20). The van der Waals surface area contributed by atoms with Gasteiger partial charge < -0.3 is 10.0 Å². The first-order valence-corrected chi connectivity index (χ1v) is 8.01. The van der Waals surface area contributed by atoms with Crippen molar-refractivity contribution in [2.45, 2.75) is 71.8 Å². The number of amides is 1. The minimum atomic E-state index is -0.771. The molecule has 116 valence electrons. The molecule has 20 heavy (non-hydrogen) atoms. The van der Waals surface area contributed by atoms with Crippen LogP contribution in [-0.4, -0.2) is 34.5 Å². The Balaban J connectivity index is 2.57. The molecule has 0 aromatic rings. The van der Waals surface area contributed by atoms with Gasteiger partial charge in [0.05, 0.1) is 5.92 Å². The summed E-state index contributed by atoms with van der Waals surface area (Å²) in [5, 5.41) is 9.13. The molecule has 1 saturated heterocycles. The van der Waals surface area contributed by atoms with Crippen LogP contribution in [0.15, 0.2) is 0 Å². The molecule has 3 unspecified atom stereocenters. The van der Waals surface area contributed by atoms with Crippen molar-refractivity contribution in [2.75, 3.05) is 6.54 Å². The molecular weight excluding hydrogens is 254 g/mol. The van der Waals surface area contributed by atoms with Crippen LogP contribution in [0.3, 0.4) is 0 Å². The Morgan fingerprint density at radius 3 is 2.55 bits per heavy atom. The Kier molecular flexibility index (Phi) is 7.03. The van der Waals surface area contributed by atoms with Crippen molar-refractivity contribution in [3.05, 3.63) is 0 Å². The van der Waals surface area contributed by atoms with Gasteiger partial charge in [-0.15, -0.1) is 0 Å². The third-order valence-electron chi connectivity index (χ3n) is 4.56. The van der Waals surface area contributed by atoms with Crippen molar-refractivity contribution in [3.63, 3.8) is 0 Å². The zero-order valence-electron chi connectivity index (χ0n) is 13.1. The lowest BCUT2D eigenvalue weighted by Crippen LogP contribution is -2.47. The smallest absolute Gasteiger partial charge is 0.308 e. The SMILES string of the molecule is CCCCC(CC)CC(=O)N1CC(C(=O)O)CCC1C. The third-order valence-corrected chi connectivity index (χ3v) is 4.56. The quantitative estimate of drug-likeness (QED) is 0.780. The Morgan fingerprint density at radius 1 is 1.30 bits per heavy atom. The summed E-state index contributed by atoms with van der Waals surface area (Å²) in [6, 6.07) is 0.182. The average Bonchev–Trinajstić information content (AvgIpc) is 2.43. The van der Waals surface area contributed by atoms with Gasteiger partial charge in [0.15, 0.2) is 0 Å². The molecule has 1 heterocycles. The van der Waals surface area contributed by atoms with Crippen molar-refractivity contribution in [1.29, 1.82) is 0 Å². The van der Waals surface area contributed by atoms with Crippen LogP contribution in [0.4, 0.5) is 0 Å². The molecule has 4 nitrogen and oxygen atoms in total. The van der Waals surface area contributed by atoms with E-state index in [1.165, 1.54) is 6.42 Å². The fraction of sp³-hybridized carbons (Fsp3) is 0.875. The summed E-state index contributed by atoms with van der Waals surface area (Å²) >= 11 is 0. The summed E-state index contributed by atoms with van der Waals surface area (Å²) < 4.78 is 0. The number of nitrogens with zero attached hydrogens (tertiary/aromatic N) is 1. The van der Waals surface area contributed by atoms with Crippen molar-refractivity contribution >= 4 is 11.9 Å². The van der Waals surface area contributed by atoms with Crippen LogP contribution < -0.4 is 0 Å². The van der Waals surface area contributed by atoms with Gasteiger partial charge in [0, 0.05) is 19.0 Å². The molecule has 1 N–H and O–H groups in total. The summed E-state index contributed by atoms with van der Waals surface area (Å²) in [6.45, 7) is 6.72. The van der Waals surface area contributed by atoms with E-state index in [9.17, 15) is 9.59 Å². The van der Waals surface area contributed by atoms with E-state index in [2.05, 4.69) is 13.8 Å². The van der Waals surface area contributed by atoms with Crippen LogP contribution in [0.2, 0.25) is 0 Å². The molecule has 0 aliphatic carbocycles. The minimum Gasteiger partial charge on any atom is -0.481 e. The molecular formula is C16H29NO3. The second-order valence-corrected chi connectivity index (χ2v) is 6.13. The van der Waals surface area contributed by atoms with Crippen LogP contribution in [0.1, 0.15) is 65.7 Å². The van der Waals surface area contributed by atoms with E-state index < -0.39 is 5.97 Å². The second kappa shape index (κ2) is 8.28. The predicted molar refractivity (Wildman–Crippen MR) is 79.5 cm³/mol. The van der Waals surface area contributed by atoms with Crippen LogP contribution >= 0.6 is 0 Å². The molecule has 1 aliphatic heterocycles. The number of rotatable bonds is 7. The van der Waals surface area contributed by atoms with Crippen LogP contribution in [-0.2, 0) is 9.59 Å². The molecule has 0 radical (unpaired) electrons. The van der Waals surface area contributed by atoms with E-state index >= 15 is 0 Å². The first-order chi connectivity index (χ1) is 9.49. The lowest BCUT2D eigenvalue weighted by Gasteiger charge is -2.37. The summed E-state index contributed by atoms with van der Waals surface area (Å²) in [5.41, 5.74) is 0. The van der Waals surface area contributed by atoms with Crippen LogP contribution in [0.5, 0.6) is 0 Å². The van der Waals surface area contributed by atoms with Gasteiger partial charge in [0.25, 0.3) is 0 Å². The Hall–Kier alpha value is -1.06. The highest BCUT2D eigenvalue weighted by Crippen LogP contribution is 2.25. The number of carboxylic acids is 1. The van der Waals surface area contributed by atoms with E-state index in [1.54, 1.807) is 4.90 Å². The van der Waals surface area contributed by atoms with Gasteiger partial charge in [-0.2, -0.15) is 0 Å². The van der Waals surface area contributed by atoms with Gasteiger partial charge >= 0.3 is 5.97 Å². The van der Waals surface area contributed by atoms with E-state index in [4.69, 9.17) is 5.11 Å². The van der Waals surface area contributed by atoms with Gasteiger partial charge in [-0.25, -0.2) is 0 Å². The van der Waals surface area contributed by atoms with Crippen molar-refractivity contribution in [3.8, 4) is 0 Å². The highest BCUT2D eigenvalue weighted by atomic mass is 16.4. The number of carbonyl (C=O) groups excluding carboxylic acids is 1. The summed E-state index contributed by atoms with van der Waals surface area (Å²) in [6.07, 6.45) is 6.51. The van der Waals surface area contributed by atoms with E-state index in [0.29, 0.717) is 25.3 Å². The van der Waals surface area contributed by atoms with Crippen molar-refractivity contribution in [1.82, 2.24) is 4.90 Å². The van der Waals surface area contributed by atoms with E-state index in [0.717, 1.165) is 25.7 Å². The molecule has 0 spiro atoms. The number of piperidine rings is 1. The summed E-state index contributed by atoms with van der Waals surface area (Å²) in [5.74, 6) is -0.565. The molecule has 4 heteroatoms. The number of aliphatic carboxylic acids is 1. The largest absolute Gasteiger partial charge is 0.481 e. The number of carbonyl (C=O) groups is 2. The molecule has 1 rings (SSSR count). The third kappa shape index (κ3) is 4.80. The molecule has 0 aromatic heterocycles. The maximum Gasteiger partial charge on any atom is 0.308 e. The Labute approximate surface area is 122 Å². The lowest BCUT2D eigenvalue weighted by molar-refractivity contribution is -0.147. The Bertz CT molecular complexity index is 330. The van der Waals surface area contributed by atoms with E-state index in [1.807, 2.05) is 6.92 Å². The normalized spacial score (nSPS) is 24.4. The van der Waals surface area contributed by atoms with Gasteiger partial charge in [-0.1, -0.05) is 33.1 Å².